The molecule has 5 aromatic rings. The van der Waals surface area contributed by atoms with Gasteiger partial charge >= 0.3 is 0 Å². The topological polar surface area (TPSA) is 81.4 Å². The molecule has 1 saturated heterocycles. The summed E-state index contributed by atoms with van der Waals surface area (Å²) in [5, 5.41) is 7.17. The van der Waals surface area contributed by atoms with Crippen molar-refractivity contribution in [1.29, 1.82) is 0 Å². The maximum absolute atomic E-state index is 16.1. The van der Waals surface area contributed by atoms with Gasteiger partial charge in [0.1, 0.15) is 11.6 Å². The van der Waals surface area contributed by atoms with E-state index in [9.17, 15) is 0 Å². The summed E-state index contributed by atoms with van der Waals surface area (Å²) in [4.78, 5) is 16.2. The van der Waals surface area contributed by atoms with Gasteiger partial charge in [-0.25, -0.2) is 9.97 Å². The monoisotopic (exact) mass is 576 g/mol. The average Bonchev–Trinajstić information content (AvgIpc) is 3.59. The van der Waals surface area contributed by atoms with E-state index in [0.717, 1.165) is 46.0 Å². The van der Waals surface area contributed by atoms with Gasteiger partial charge < -0.3 is 20.6 Å². The van der Waals surface area contributed by atoms with Crippen LogP contribution in [0, 0.1) is 11.3 Å². The Morgan fingerprint density at radius 2 is 1.65 bits per heavy atom. The second kappa shape index (κ2) is 9.07. The molecule has 1 aliphatic heterocycles. The lowest BCUT2D eigenvalue weighted by atomic mass is 9.98. The number of hydrogen-bond donors (Lipinski definition) is 4. The SMILES string of the molecule is CC1(CNCc2ncc(-c3ccc4c(c3)C(F)(F)c3cc(-c5ccc6nc(C7N[C@@H]8CC[C@H]7C8)[nH]c6c5)ccc3-4)[nH]2)CC1. The summed E-state index contributed by atoms with van der Waals surface area (Å²) in [6.45, 7) is 3.88. The van der Waals surface area contributed by atoms with E-state index in [4.69, 9.17) is 4.98 Å². The van der Waals surface area contributed by atoms with Gasteiger partial charge in [-0.05, 0) is 90.0 Å². The summed E-state index contributed by atoms with van der Waals surface area (Å²) in [7, 11) is 0. The van der Waals surface area contributed by atoms with Gasteiger partial charge in [-0.2, -0.15) is 8.78 Å². The van der Waals surface area contributed by atoms with Crippen molar-refractivity contribution in [2.75, 3.05) is 6.54 Å². The third-order valence-electron chi connectivity index (χ3n) is 10.4. The minimum atomic E-state index is -3.10. The number of aromatic nitrogens is 4. The highest BCUT2D eigenvalue weighted by molar-refractivity contribution is 5.86. The highest BCUT2D eigenvalue weighted by atomic mass is 19.3. The Bertz CT molecular complexity index is 1900. The van der Waals surface area contributed by atoms with Crippen molar-refractivity contribution < 1.29 is 8.78 Å². The van der Waals surface area contributed by atoms with Crippen LogP contribution in [0.25, 0.3) is 44.5 Å². The van der Waals surface area contributed by atoms with Crippen LogP contribution in [0.2, 0.25) is 0 Å². The third-order valence-corrected chi connectivity index (χ3v) is 10.4. The molecule has 2 aromatic heterocycles. The maximum atomic E-state index is 16.1. The third kappa shape index (κ3) is 4.18. The van der Waals surface area contributed by atoms with E-state index in [1.54, 1.807) is 18.3 Å². The van der Waals surface area contributed by atoms with Crippen LogP contribution in [-0.2, 0) is 12.5 Å². The number of hydrogen-bond acceptors (Lipinski definition) is 4. The molecule has 3 aromatic carbocycles. The predicted molar refractivity (Wildman–Crippen MR) is 164 cm³/mol. The number of alkyl halides is 2. The smallest absolute Gasteiger partial charge is 0.299 e. The van der Waals surface area contributed by atoms with Crippen molar-refractivity contribution >= 4 is 11.0 Å². The number of fused-ring (bicyclic) bond motifs is 6. The molecule has 3 aliphatic carbocycles. The van der Waals surface area contributed by atoms with E-state index in [1.165, 1.54) is 32.1 Å². The Kier molecular flexibility index (Phi) is 5.40. The molecule has 4 N–H and O–H groups in total. The largest absolute Gasteiger partial charge is 0.341 e. The maximum Gasteiger partial charge on any atom is 0.299 e. The van der Waals surface area contributed by atoms with Crippen LogP contribution >= 0.6 is 0 Å². The van der Waals surface area contributed by atoms with Crippen LogP contribution in [0.4, 0.5) is 8.78 Å². The van der Waals surface area contributed by atoms with Gasteiger partial charge in [-0.3, -0.25) is 0 Å². The summed E-state index contributed by atoms with van der Waals surface area (Å²) in [5.74, 6) is -0.662. The van der Waals surface area contributed by atoms with Crippen molar-refractivity contribution in [2.24, 2.45) is 11.3 Å². The van der Waals surface area contributed by atoms with Crippen LogP contribution in [0.1, 0.15) is 67.8 Å². The normalized spacial score (nSPS) is 24.0. The highest BCUT2D eigenvalue weighted by Gasteiger charge is 2.45. The molecule has 4 aliphatic rings. The second-order valence-corrected chi connectivity index (χ2v) is 13.5. The summed E-state index contributed by atoms with van der Waals surface area (Å²) < 4.78 is 32.1. The zero-order valence-electron chi connectivity index (χ0n) is 24.1. The Labute approximate surface area is 248 Å². The number of nitrogens with one attached hydrogen (secondary N) is 4. The highest BCUT2D eigenvalue weighted by Crippen LogP contribution is 2.53. The first-order valence-electron chi connectivity index (χ1n) is 15.5. The molecule has 218 valence electrons. The van der Waals surface area contributed by atoms with Gasteiger partial charge in [-0.1, -0.05) is 37.3 Å². The molecular weight excluding hydrogens is 542 g/mol. The summed E-state index contributed by atoms with van der Waals surface area (Å²) in [5.41, 5.74) is 6.66. The molecule has 0 spiro atoms. The minimum absolute atomic E-state index is 0.0418. The minimum Gasteiger partial charge on any atom is -0.341 e. The number of piperidine rings is 1. The Morgan fingerprint density at radius 3 is 2.40 bits per heavy atom. The molecule has 3 heterocycles. The standard InChI is InChI=1S/C35H34F2N6/c1-34(10-11-34)18-38-17-31-39-16-30(41-31)21-4-8-25-24-7-3-19(13-26(24)35(36,37)27(25)14-21)20-5-9-28-29(15-20)43-33(42-28)32-22-2-6-23(12-22)40-32/h3-5,7-9,13-16,22-23,32,38,40H,2,6,10-12,17-18H2,1H3,(H,39,41)(H,42,43)/t22-,23+,32?/m0/s1. The number of nitrogens with zero attached hydrogens (tertiary/aromatic N) is 2. The zero-order valence-corrected chi connectivity index (χ0v) is 24.1. The van der Waals surface area contributed by atoms with E-state index in [2.05, 4.69) is 32.5 Å². The van der Waals surface area contributed by atoms with E-state index < -0.39 is 5.92 Å². The average molecular weight is 577 g/mol. The molecule has 8 heteroatoms. The zero-order chi connectivity index (χ0) is 28.9. The molecular formula is C35H34F2N6. The van der Waals surface area contributed by atoms with Gasteiger partial charge in [0.05, 0.1) is 35.5 Å². The quantitative estimate of drug-likeness (QED) is 0.162. The molecule has 2 bridgehead atoms. The Balaban J connectivity index is 0.986. The van der Waals surface area contributed by atoms with E-state index >= 15 is 8.78 Å². The molecule has 9 rings (SSSR count). The molecule has 0 radical (unpaired) electrons. The molecule has 0 amide bonds. The fourth-order valence-corrected chi connectivity index (χ4v) is 7.56. The van der Waals surface area contributed by atoms with Crippen molar-refractivity contribution in [3.8, 4) is 33.5 Å². The molecule has 3 atom stereocenters. The van der Waals surface area contributed by atoms with Crippen LogP contribution in [-0.4, -0.2) is 32.5 Å². The van der Waals surface area contributed by atoms with Gasteiger partial charge in [0.15, 0.2) is 0 Å². The number of imidazole rings is 2. The second-order valence-electron chi connectivity index (χ2n) is 13.5. The number of benzene rings is 3. The fourth-order valence-electron chi connectivity index (χ4n) is 7.56. The lowest BCUT2D eigenvalue weighted by Crippen LogP contribution is -2.29. The first-order chi connectivity index (χ1) is 20.8. The van der Waals surface area contributed by atoms with Crippen molar-refractivity contribution in [2.45, 2.75) is 63.6 Å². The molecule has 6 nitrogen and oxygen atoms in total. The van der Waals surface area contributed by atoms with E-state index in [0.29, 0.717) is 40.6 Å². The molecule has 1 unspecified atom stereocenters. The molecule has 43 heavy (non-hydrogen) atoms. The van der Waals surface area contributed by atoms with Gasteiger partial charge in [0.2, 0.25) is 0 Å². The Hall–Kier alpha value is -3.88. The van der Waals surface area contributed by atoms with Crippen LogP contribution < -0.4 is 10.6 Å². The first-order valence-corrected chi connectivity index (χ1v) is 15.5. The summed E-state index contributed by atoms with van der Waals surface area (Å²) >= 11 is 0. The predicted octanol–water partition coefficient (Wildman–Crippen LogP) is 7.44. The lowest BCUT2D eigenvalue weighted by molar-refractivity contribution is 0.0481. The van der Waals surface area contributed by atoms with Gasteiger partial charge in [0.25, 0.3) is 5.92 Å². The number of aromatic amines is 2. The number of H-pyrrole nitrogens is 2. The van der Waals surface area contributed by atoms with Crippen LogP contribution in [0.5, 0.6) is 0 Å². The first kappa shape index (κ1) is 25.6. The van der Waals surface area contributed by atoms with E-state index in [1.807, 2.05) is 42.5 Å². The Morgan fingerprint density at radius 1 is 0.907 bits per heavy atom. The summed E-state index contributed by atoms with van der Waals surface area (Å²) in [6, 6.07) is 17.7. The summed E-state index contributed by atoms with van der Waals surface area (Å²) in [6.07, 6.45) is 7.98. The van der Waals surface area contributed by atoms with Crippen molar-refractivity contribution in [3.05, 3.63) is 83.6 Å². The fraction of sp³-hybridized carbons (Fsp3) is 0.371. The van der Waals surface area contributed by atoms with E-state index in [-0.39, 0.29) is 17.2 Å². The van der Waals surface area contributed by atoms with Crippen molar-refractivity contribution in [3.63, 3.8) is 0 Å². The lowest BCUT2D eigenvalue weighted by Gasteiger charge is -2.20. The molecule has 3 fully saturated rings. The van der Waals surface area contributed by atoms with Gasteiger partial charge in [-0.15, -0.1) is 0 Å². The van der Waals surface area contributed by atoms with Crippen LogP contribution in [0.15, 0.2) is 60.8 Å². The van der Waals surface area contributed by atoms with Crippen LogP contribution in [0.3, 0.4) is 0 Å². The number of rotatable bonds is 7. The molecule has 2 saturated carbocycles. The number of halogens is 2. The van der Waals surface area contributed by atoms with Crippen molar-refractivity contribution in [1.82, 2.24) is 30.6 Å². The van der Waals surface area contributed by atoms with Gasteiger partial charge in [0, 0.05) is 29.3 Å².